The maximum Gasteiger partial charge on any atom is 0.264 e. The summed E-state index contributed by atoms with van der Waals surface area (Å²) < 4.78 is 4.84. The van der Waals surface area contributed by atoms with Gasteiger partial charge in [0.1, 0.15) is 11.7 Å². The molecular weight excluding hydrogens is 434 g/mol. The van der Waals surface area contributed by atoms with Crippen LogP contribution in [0.25, 0.3) is 16.7 Å². The van der Waals surface area contributed by atoms with E-state index in [0.717, 1.165) is 5.69 Å². The number of aliphatic hydroxyl groups is 1. The highest BCUT2D eigenvalue weighted by Gasteiger charge is 2.35. The number of piperidine rings is 1. The number of para-hydroxylation sites is 1. The van der Waals surface area contributed by atoms with E-state index in [4.69, 9.17) is 0 Å². The second kappa shape index (κ2) is 8.86. The van der Waals surface area contributed by atoms with Gasteiger partial charge in [0, 0.05) is 31.9 Å². The third-order valence-corrected chi connectivity index (χ3v) is 6.51. The van der Waals surface area contributed by atoms with Gasteiger partial charge in [-0.3, -0.25) is 18.8 Å². The number of hydrogen-bond acceptors (Lipinski definition) is 6. The molecule has 0 aliphatic carbocycles. The van der Waals surface area contributed by atoms with E-state index in [2.05, 4.69) is 15.2 Å². The van der Waals surface area contributed by atoms with E-state index >= 15 is 0 Å². The van der Waals surface area contributed by atoms with Gasteiger partial charge in [0.2, 0.25) is 5.91 Å². The van der Waals surface area contributed by atoms with Crippen molar-refractivity contribution in [2.24, 2.45) is 0 Å². The zero-order valence-corrected chi connectivity index (χ0v) is 19.0. The van der Waals surface area contributed by atoms with Crippen molar-refractivity contribution in [1.29, 1.82) is 0 Å². The number of benzene rings is 1. The van der Waals surface area contributed by atoms with Crippen molar-refractivity contribution in [2.45, 2.75) is 44.4 Å². The van der Waals surface area contributed by atoms with Crippen molar-refractivity contribution in [2.75, 3.05) is 13.1 Å². The van der Waals surface area contributed by atoms with Crippen molar-refractivity contribution in [1.82, 2.24) is 34.0 Å². The predicted octanol–water partition coefficient (Wildman–Crippen LogP) is 1.78. The molecule has 34 heavy (non-hydrogen) atoms. The number of nitrogens with zero attached hydrogens (tertiary/aromatic N) is 7. The van der Waals surface area contributed by atoms with Gasteiger partial charge < -0.3 is 10.0 Å². The van der Waals surface area contributed by atoms with Crippen molar-refractivity contribution < 1.29 is 9.90 Å². The second-order valence-electron chi connectivity index (χ2n) is 8.95. The third-order valence-electron chi connectivity index (χ3n) is 6.51. The minimum atomic E-state index is -1.08. The summed E-state index contributed by atoms with van der Waals surface area (Å²) >= 11 is 0. The summed E-state index contributed by atoms with van der Waals surface area (Å²) in [6, 6.07) is 11.3. The first-order chi connectivity index (χ1) is 16.4. The minimum Gasteiger partial charge on any atom is -0.388 e. The standard InChI is InChI=1S/C24H27N7O3/c1-18(30-11-5-10-26-30)14-21(32)28-12-8-24(34,9-13-28)16-29-17-25-22-20(23(29)33)15-27-31(22)19-6-3-2-4-7-19/h2-7,10-11,15,17-18,34H,8-9,12-14,16H2,1H3/t18-/m0/s1. The van der Waals surface area contributed by atoms with Crippen LogP contribution in [0, 0.1) is 0 Å². The monoisotopic (exact) mass is 461 g/mol. The van der Waals surface area contributed by atoms with Gasteiger partial charge in [-0.15, -0.1) is 0 Å². The van der Waals surface area contributed by atoms with E-state index in [0.29, 0.717) is 43.4 Å². The molecule has 10 heteroatoms. The molecule has 4 aromatic rings. The summed E-state index contributed by atoms with van der Waals surface area (Å²) in [5, 5.41) is 20.1. The maximum atomic E-state index is 13.1. The van der Waals surface area contributed by atoms with Crippen molar-refractivity contribution in [3.05, 3.63) is 71.7 Å². The summed E-state index contributed by atoms with van der Waals surface area (Å²) in [6.45, 7) is 2.97. The Kier molecular flexibility index (Phi) is 5.74. The van der Waals surface area contributed by atoms with E-state index in [1.54, 1.807) is 20.5 Å². The molecule has 0 bridgehead atoms. The molecule has 1 amide bonds. The molecule has 10 nitrogen and oxygen atoms in total. The van der Waals surface area contributed by atoms with Gasteiger partial charge in [0.15, 0.2) is 5.65 Å². The average Bonchev–Trinajstić information content (AvgIpc) is 3.53. The average molecular weight is 462 g/mol. The molecule has 0 spiro atoms. The highest BCUT2D eigenvalue weighted by molar-refractivity contribution is 5.77. The summed E-state index contributed by atoms with van der Waals surface area (Å²) in [6.07, 6.45) is 7.66. The normalized spacial score (nSPS) is 16.6. The topological polar surface area (TPSA) is 111 Å². The van der Waals surface area contributed by atoms with Crippen LogP contribution in [0.1, 0.15) is 32.2 Å². The Hall–Kier alpha value is -3.79. The predicted molar refractivity (Wildman–Crippen MR) is 125 cm³/mol. The molecule has 5 rings (SSSR count). The van der Waals surface area contributed by atoms with Crippen LogP contribution >= 0.6 is 0 Å². The van der Waals surface area contributed by atoms with Crippen LogP contribution in [-0.4, -0.2) is 63.7 Å². The van der Waals surface area contributed by atoms with Gasteiger partial charge in [0.05, 0.1) is 30.1 Å². The Morgan fingerprint density at radius 3 is 2.62 bits per heavy atom. The van der Waals surface area contributed by atoms with Crippen LogP contribution in [0.3, 0.4) is 0 Å². The lowest BCUT2D eigenvalue weighted by atomic mass is 9.91. The molecule has 0 saturated carbocycles. The molecule has 176 valence electrons. The van der Waals surface area contributed by atoms with E-state index in [9.17, 15) is 14.7 Å². The number of carbonyl (C=O) groups is 1. The Bertz CT molecular complexity index is 1340. The second-order valence-corrected chi connectivity index (χ2v) is 8.95. The van der Waals surface area contributed by atoms with Gasteiger partial charge in [-0.25, -0.2) is 9.67 Å². The Labute approximate surface area is 196 Å². The van der Waals surface area contributed by atoms with E-state index < -0.39 is 5.60 Å². The van der Waals surface area contributed by atoms with Crippen LogP contribution in [0.4, 0.5) is 0 Å². The lowest BCUT2D eigenvalue weighted by Crippen LogP contribution is -2.49. The molecule has 1 aliphatic rings. The molecule has 4 heterocycles. The fourth-order valence-corrected chi connectivity index (χ4v) is 4.48. The molecule has 1 N–H and O–H groups in total. The Morgan fingerprint density at radius 1 is 1.15 bits per heavy atom. The van der Waals surface area contributed by atoms with Gasteiger partial charge in [-0.05, 0) is 38.0 Å². The van der Waals surface area contributed by atoms with Crippen LogP contribution < -0.4 is 5.56 Å². The number of likely N-dealkylation sites (tertiary alicyclic amines) is 1. The van der Waals surface area contributed by atoms with Crippen LogP contribution in [0.2, 0.25) is 0 Å². The lowest BCUT2D eigenvalue weighted by molar-refractivity contribution is -0.136. The number of fused-ring (bicyclic) bond motifs is 1. The van der Waals surface area contributed by atoms with Gasteiger partial charge >= 0.3 is 0 Å². The molecule has 1 aliphatic heterocycles. The smallest absolute Gasteiger partial charge is 0.264 e. The van der Waals surface area contributed by atoms with Gasteiger partial charge in [-0.2, -0.15) is 10.2 Å². The minimum absolute atomic E-state index is 0.0310. The quantitative estimate of drug-likeness (QED) is 0.469. The molecule has 3 aromatic heterocycles. The zero-order chi connectivity index (χ0) is 23.7. The van der Waals surface area contributed by atoms with Crippen LogP contribution in [-0.2, 0) is 11.3 Å². The van der Waals surface area contributed by atoms with E-state index in [-0.39, 0.29) is 24.1 Å². The first-order valence-corrected chi connectivity index (χ1v) is 11.4. The number of hydrogen-bond donors (Lipinski definition) is 1. The van der Waals surface area contributed by atoms with E-state index in [1.807, 2.05) is 49.5 Å². The largest absolute Gasteiger partial charge is 0.388 e. The highest BCUT2D eigenvalue weighted by Crippen LogP contribution is 2.25. The number of carbonyl (C=O) groups excluding carboxylic acids is 1. The van der Waals surface area contributed by atoms with Crippen LogP contribution in [0.15, 0.2) is 66.1 Å². The van der Waals surface area contributed by atoms with E-state index in [1.165, 1.54) is 17.1 Å². The number of aromatic nitrogens is 6. The Balaban J connectivity index is 1.26. The van der Waals surface area contributed by atoms with Crippen molar-refractivity contribution in [3.63, 3.8) is 0 Å². The summed E-state index contributed by atoms with van der Waals surface area (Å²) in [5.74, 6) is 0.0404. The molecule has 1 aromatic carbocycles. The Morgan fingerprint density at radius 2 is 1.91 bits per heavy atom. The molecule has 0 radical (unpaired) electrons. The summed E-state index contributed by atoms with van der Waals surface area (Å²) in [4.78, 5) is 32.0. The fraction of sp³-hybridized carbons (Fsp3) is 0.375. The van der Waals surface area contributed by atoms with Gasteiger partial charge in [-0.1, -0.05) is 18.2 Å². The lowest BCUT2D eigenvalue weighted by Gasteiger charge is -2.38. The molecule has 1 fully saturated rings. The SMILES string of the molecule is C[C@@H](CC(=O)N1CCC(O)(Cn2cnc3c(cnn3-c3ccccc3)c2=O)CC1)n1cccn1. The molecule has 1 saturated heterocycles. The third kappa shape index (κ3) is 4.24. The van der Waals surface area contributed by atoms with Crippen molar-refractivity contribution >= 4 is 16.9 Å². The summed E-state index contributed by atoms with van der Waals surface area (Å²) in [7, 11) is 0. The van der Waals surface area contributed by atoms with Crippen LogP contribution in [0.5, 0.6) is 0 Å². The fourth-order valence-electron chi connectivity index (χ4n) is 4.48. The highest BCUT2D eigenvalue weighted by atomic mass is 16.3. The molecule has 1 atom stereocenters. The number of rotatable bonds is 6. The van der Waals surface area contributed by atoms with Crippen molar-refractivity contribution in [3.8, 4) is 5.69 Å². The first kappa shape index (κ1) is 22.0. The number of amides is 1. The summed E-state index contributed by atoms with van der Waals surface area (Å²) in [5.41, 5.74) is -0.0306. The molecular formula is C24H27N7O3. The zero-order valence-electron chi connectivity index (χ0n) is 19.0. The molecule has 0 unspecified atom stereocenters. The first-order valence-electron chi connectivity index (χ1n) is 11.4. The maximum absolute atomic E-state index is 13.1. The van der Waals surface area contributed by atoms with Gasteiger partial charge in [0.25, 0.3) is 5.56 Å².